The predicted molar refractivity (Wildman–Crippen MR) is 158 cm³/mol. The quantitative estimate of drug-likeness (QED) is 0.294. The second kappa shape index (κ2) is 12.1. The molecule has 0 amide bonds. The second-order valence-electron chi connectivity index (χ2n) is 14.0. The van der Waals surface area contributed by atoms with E-state index in [2.05, 4.69) is 86.5 Å². The predicted octanol–water partition coefficient (Wildman–Crippen LogP) is 6.93. The smallest absolute Gasteiger partial charge is 0.186 e. The van der Waals surface area contributed by atoms with E-state index in [1.165, 1.54) is 0 Å². The summed E-state index contributed by atoms with van der Waals surface area (Å²) in [6.45, 7) is 18.7. The highest BCUT2D eigenvalue weighted by Crippen LogP contribution is 2.67. The summed E-state index contributed by atoms with van der Waals surface area (Å²) < 4.78 is 6.34. The maximum atomic E-state index is 13.5. The number of Topliss-reactive ketones (excluding diaryl/α,β-unsaturated/α-hetero) is 1. The van der Waals surface area contributed by atoms with Gasteiger partial charge in [-0.25, -0.2) is 0 Å². The van der Waals surface area contributed by atoms with Crippen LogP contribution in [0, 0.1) is 39.9 Å². The zero-order valence-corrected chi connectivity index (χ0v) is 26.2. The van der Waals surface area contributed by atoms with Crippen LogP contribution in [-0.4, -0.2) is 60.6 Å². The first kappa shape index (κ1) is 31.3. The molecule has 0 aromatic carbocycles. The number of ketones is 1. The summed E-state index contributed by atoms with van der Waals surface area (Å²) in [5.74, 6) is 2.19. The minimum atomic E-state index is -0.365. The van der Waals surface area contributed by atoms with Gasteiger partial charge in [0.05, 0.1) is 18.8 Å². The largest absolute Gasteiger partial charge is 0.480 e. The van der Waals surface area contributed by atoms with Gasteiger partial charge in [-0.2, -0.15) is 0 Å². The van der Waals surface area contributed by atoms with Crippen molar-refractivity contribution in [3.05, 3.63) is 12.2 Å². The van der Waals surface area contributed by atoms with Gasteiger partial charge in [0.15, 0.2) is 5.90 Å². The number of nitrogens with zero attached hydrogens (tertiary/aromatic N) is 2. The molecule has 1 N–H and O–H groups in total. The molecule has 38 heavy (non-hydrogen) atoms. The van der Waals surface area contributed by atoms with Crippen LogP contribution in [0.3, 0.4) is 0 Å². The monoisotopic (exact) mass is 530 g/mol. The Bertz CT molecular complexity index is 879. The molecule has 0 aromatic heterocycles. The molecule has 5 heteroatoms. The molecule has 0 aromatic rings. The van der Waals surface area contributed by atoms with Crippen molar-refractivity contribution in [2.75, 3.05) is 20.7 Å². The highest BCUT2D eigenvalue weighted by atomic mass is 16.5. The van der Waals surface area contributed by atoms with Crippen LogP contribution in [-0.2, 0) is 9.53 Å². The van der Waals surface area contributed by atoms with Crippen molar-refractivity contribution in [1.29, 1.82) is 0 Å². The highest BCUT2D eigenvalue weighted by molar-refractivity contribution is 5.83. The SMILES string of the molecule is C/C=C/C[C@@H]1N=C(C(CC)CC)OC[C@@]1(C)CCC[C@@H]1[C@@H](C)C(=O)C[C@]2(C)[C@@H]([C@H](C)N(C)C)[C@H](O)C[C@@]12C. The number of hydrogen-bond acceptors (Lipinski definition) is 5. The van der Waals surface area contributed by atoms with Crippen LogP contribution in [0.2, 0.25) is 0 Å². The van der Waals surface area contributed by atoms with E-state index in [9.17, 15) is 9.90 Å². The molecule has 2 aliphatic carbocycles. The molecule has 0 bridgehead atoms. The molecule has 1 heterocycles. The first-order valence-corrected chi connectivity index (χ1v) is 15.5. The van der Waals surface area contributed by atoms with Crippen molar-refractivity contribution >= 4 is 11.7 Å². The first-order valence-electron chi connectivity index (χ1n) is 15.5. The van der Waals surface area contributed by atoms with Crippen molar-refractivity contribution in [2.45, 2.75) is 125 Å². The van der Waals surface area contributed by atoms with Gasteiger partial charge in [0.1, 0.15) is 5.78 Å². The fraction of sp³-hybridized carbons (Fsp3) is 0.879. The van der Waals surface area contributed by atoms with Crippen molar-refractivity contribution in [3.8, 4) is 0 Å². The van der Waals surface area contributed by atoms with Gasteiger partial charge in [-0.05, 0) is 83.2 Å². The summed E-state index contributed by atoms with van der Waals surface area (Å²) in [6, 6.07) is 0.458. The number of rotatable bonds is 11. The van der Waals surface area contributed by atoms with E-state index in [1.54, 1.807) is 0 Å². The summed E-state index contributed by atoms with van der Waals surface area (Å²) in [7, 11) is 4.19. The van der Waals surface area contributed by atoms with Gasteiger partial charge in [0.2, 0.25) is 0 Å². The van der Waals surface area contributed by atoms with Gasteiger partial charge in [0, 0.05) is 35.6 Å². The maximum absolute atomic E-state index is 13.5. The standard InChI is InChI=1S/C33H58N2O3/c1-11-14-17-28-31(6,21-38-30(34-28)24(12-2)13-3)18-15-16-25-22(4)26(36)19-33(8)29(23(5)35(9)10)27(37)20-32(25,33)7/h11,14,22-25,27-29,37H,12-13,15-21H2,1-10H3/b14-11+/t22-,23+,25-,27-,28+,29+,31-,32+,33-/m1/s1. The average Bonchev–Trinajstić information content (AvgIpc) is 3.06. The molecular weight excluding hydrogens is 472 g/mol. The molecule has 9 atom stereocenters. The number of fused-ring (bicyclic) bond motifs is 1. The lowest BCUT2D eigenvalue weighted by atomic mass is 9.48. The van der Waals surface area contributed by atoms with Crippen LogP contribution < -0.4 is 0 Å². The average molecular weight is 531 g/mol. The molecule has 0 saturated heterocycles. The first-order chi connectivity index (χ1) is 17.8. The third-order valence-electron chi connectivity index (χ3n) is 11.7. The van der Waals surface area contributed by atoms with E-state index in [0.29, 0.717) is 18.1 Å². The van der Waals surface area contributed by atoms with Crippen molar-refractivity contribution in [1.82, 2.24) is 4.90 Å². The molecule has 2 fully saturated rings. The number of aliphatic hydroxyl groups excluding tert-OH is 1. The lowest BCUT2D eigenvalue weighted by Gasteiger charge is -2.56. The van der Waals surface area contributed by atoms with Gasteiger partial charge in [0.25, 0.3) is 0 Å². The topological polar surface area (TPSA) is 62.1 Å². The molecule has 2 saturated carbocycles. The molecule has 0 spiro atoms. The van der Waals surface area contributed by atoms with E-state index in [4.69, 9.17) is 9.73 Å². The third-order valence-corrected chi connectivity index (χ3v) is 11.7. The van der Waals surface area contributed by atoms with Gasteiger partial charge in [-0.15, -0.1) is 0 Å². The lowest BCUT2D eigenvalue weighted by molar-refractivity contribution is -0.146. The maximum Gasteiger partial charge on any atom is 0.186 e. The van der Waals surface area contributed by atoms with Crippen LogP contribution in [0.1, 0.15) is 107 Å². The molecule has 3 rings (SSSR count). The Morgan fingerprint density at radius 1 is 1.18 bits per heavy atom. The summed E-state index contributed by atoms with van der Waals surface area (Å²) in [5, 5.41) is 11.4. The Morgan fingerprint density at radius 2 is 1.84 bits per heavy atom. The number of ether oxygens (including phenoxy) is 1. The Hall–Kier alpha value is -1.20. The molecule has 0 unspecified atom stereocenters. The minimum Gasteiger partial charge on any atom is -0.480 e. The molecule has 0 radical (unpaired) electrons. The second-order valence-corrected chi connectivity index (χ2v) is 14.0. The van der Waals surface area contributed by atoms with Gasteiger partial charge in [-0.3, -0.25) is 9.79 Å². The molecule has 5 nitrogen and oxygen atoms in total. The molecule has 1 aliphatic heterocycles. The van der Waals surface area contributed by atoms with Crippen molar-refractivity contribution < 1.29 is 14.6 Å². The summed E-state index contributed by atoms with van der Waals surface area (Å²) in [5.41, 5.74) is -0.257. The van der Waals surface area contributed by atoms with Gasteiger partial charge in [-0.1, -0.05) is 60.1 Å². The van der Waals surface area contributed by atoms with E-state index >= 15 is 0 Å². The van der Waals surface area contributed by atoms with Crippen LogP contribution in [0.5, 0.6) is 0 Å². The van der Waals surface area contributed by atoms with E-state index in [-0.39, 0.29) is 52.2 Å². The van der Waals surface area contributed by atoms with Crippen LogP contribution in [0.15, 0.2) is 17.1 Å². The van der Waals surface area contributed by atoms with Crippen molar-refractivity contribution in [3.63, 3.8) is 0 Å². The summed E-state index contributed by atoms with van der Waals surface area (Å²) in [4.78, 5) is 20.9. The lowest BCUT2D eigenvalue weighted by Crippen LogP contribution is -2.55. The number of carbonyl (C=O) groups is 1. The fourth-order valence-corrected chi connectivity index (χ4v) is 8.65. The minimum absolute atomic E-state index is 0.0155. The normalized spacial score (nSPS) is 40.5. The number of hydrogen-bond donors (Lipinski definition) is 1. The fourth-order valence-electron chi connectivity index (χ4n) is 8.65. The molecule has 218 valence electrons. The summed E-state index contributed by atoms with van der Waals surface area (Å²) >= 11 is 0. The van der Waals surface area contributed by atoms with Crippen LogP contribution in [0.25, 0.3) is 0 Å². The number of aliphatic hydroxyl groups is 1. The van der Waals surface area contributed by atoms with Crippen LogP contribution in [0.4, 0.5) is 0 Å². The molecule has 3 aliphatic rings. The zero-order chi connectivity index (χ0) is 28.5. The Kier molecular flexibility index (Phi) is 10.00. The number of carbonyl (C=O) groups excluding carboxylic acids is 1. The Balaban J connectivity index is 1.81. The summed E-state index contributed by atoms with van der Waals surface area (Å²) in [6.07, 6.45) is 11.6. The van der Waals surface area contributed by atoms with Gasteiger partial charge >= 0.3 is 0 Å². The van der Waals surface area contributed by atoms with E-state index in [1.807, 2.05) is 0 Å². The van der Waals surface area contributed by atoms with Crippen molar-refractivity contribution in [2.24, 2.45) is 44.9 Å². The van der Waals surface area contributed by atoms with Gasteiger partial charge < -0.3 is 14.7 Å². The molecular formula is C33H58N2O3. The number of allylic oxidation sites excluding steroid dienone is 1. The third kappa shape index (κ3) is 5.53. The van der Waals surface area contributed by atoms with E-state index < -0.39 is 0 Å². The van der Waals surface area contributed by atoms with Crippen LogP contribution >= 0.6 is 0 Å². The number of aliphatic imine (C=N–C) groups is 1. The van der Waals surface area contributed by atoms with E-state index in [0.717, 1.165) is 57.5 Å². The Labute approximate surface area is 233 Å². The zero-order valence-electron chi connectivity index (χ0n) is 26.2. The Morgan fingerprint density at radius 3 is 2.42 bits per heavy atom. The highest BCUT2D eigenvalue weighted by Gasteiger charge is 2.66.